The summed E-state index contributed by atoms with van der Waals surface area (Å²) >= 11 is 11.8. The van der Waals surface area contributed by atoms with Crippen LogP contribution in [-0.2, 0) is 20.0 Å². The van der Waals surface area contributed by atoms with Crippen LogP contribution in [0.25, 0.3) is 0 Å². The molecule has 0 bridgehead atoms. The Labute approximate surface area is 138 Å². The molecule has 0 spiro atoms. The van der Waals surface area contributed by atoms with Gasteiger partial charge >= 0.3 is 5.97 Å². The molecule has 2 rings (SSSR count). The van der Waals surface area contributed by atoms with Crippen LogP contribution >= 0.6 is 23.2 Å². The standard InChI is InChI=1S/C16H14Cl2O4/c1-2-21-15(19)16(22-20,11-3-7-13(17)8-4-11)12-5-9-14(18)10-6-12/h3-10,20H,2H2,1H3. The lowest BCUT2D eigenvalue weighted by Gasteiger charge is -2.29. The van der Waals surface area contributed by atoms with Crippen LogP contribution < -0.4 is 0 Å². The molecule has 0 unspecified atom stereocenters. The maximum atomic E-state index is 12.5. The van der Waals surface area contributed by atoms with Gasteiger partial charge in [0, 0.05) is 21.2 Å². The zero-order valence-corrected chi connectivity index (χ0v) is 13.3. The maximum Gasteiger partial charge on any atom is 0.351 e. The molecule has 0 saturated carbocycles. The SMILES string of the molecule is CCOC(=O)C(OO)(c1ccc(Cl)cc1)c1ccc(Cl)cc1. The van der Waals surface area contributed by atoms with Gasteiger partial charge in [-0.2, -0.15) is 0 Å². The van der Waals surface area contributed by atoms with Gasteiger partial charge in [0.05, 0.1) is 6.61 Å². The summed E-state index contributed by atoms with van der Waals surface area (Å²) in [5.74, 6) is -0.734. The summed E-state index contributed by atoms with van der Waals surface area (Å²) in [6, 6.07) is 12.7. The van der Waals surface area contributed by atoms with Gasteiger partial charge in [0.15, 0.2) is 0 Å². The number of hydrogen-bond acceptors (Lipinski definition) is 4. The fraction of sp³-hybridized carbons (Fsp3) is 0.188. The van der Waals surface area contributed by atoms with E-state index in [0.29, 0.717) is 21.2 Å². The first-order valence-electron chi connectivity index (χ1n) is 6.56. The zero-order chi connectivity index (χ0) is 16.2. The summed E-state index contributed by atoms with van der Waals surface area (Å²) in [5, 5.41) is 10.5. The number of carbonyl (C=O) groups is 1. The summed E-state index contributed by atoms with van der Waals surface area (Å²) < 4.78 is 5.08. The van der Waals surface area contributed by atoms with Crippen molar-refractivity contribution < 1.29 is 19.7 Å². The third-order valence-corrected chi connectivity index (χ3v) is 3.71. The van der Waals surface area contributed by atoms with Crippen molar-refractivity contribution in [2.24, 2.45) is 0 Å². The summed E-state index contributed by atoms with van der Waals surface area (Å²) in [6.45, 7) is 1.81. The lowest BCUT2D eigenvalue weighted by Crippen LogP contribution is -2.40. The van der Waals surface area contributed by atoms with E-state index in [0.717, 1.165) is 0 Å². The first-order valence-corrected chi connectivity index (χ1v) is 7.32. The highest BCUT2D eigenvalue weighted by atomic mass is 35.5. The van der Waals surface area contributed by atoms with Crippen molar-refractivity contribution in [3.05, 3.63) is 69.7 Å². The minimum absolute atomic E-state index is 0.144. The van der Waals surface area contributed by atoms with Gasteiger partial charge in [0.25, 0.3) is 0 Å². The fourth-order valence-corrected chi connectivity index (χ4v) is 2.40. The smallest absolute Gasteiger partial charge is 0.351 e. The Balaban J connectivity index is 2.63. The van der Waals surface area contributed by atoms with Crippen molar-refractivity contribution in [2.75, 3.05) is 6.61 Å². The molecule has 0 aliphatic rings. The molecule has 0 aromatic heterocycles. The Morgan fingerprint density at radius 2 is 1.41 bits per heavy atom. The molecule has 2 aromatic carbocycles. The molecule has 0 aliphatic heterocycles. The van der Waals surface area contributed by atoms with Crippen molar-refractivity contribution in [3.63, 3.8) is 0 Å². The first kappa shape index (κ1) is 16.8. The van der Waals surface area contributed by atoms with E-state index in [1.807, 2.05) is 0 Å². The number of esters is 1. The Bertz CT molecular complexity index is 593. The van der Waals surface area contributed by atoms with Crippen molar-refractivity contribution >= 4 is 29.2 Å². The predicted molar refractivity (Wildman–Crippen MR) is 84.0 cm³/mol. The van der Waals surface area contributed by atoms with Crippen LogP contribution in [0.4, 0.5) is 0 Å². The normalized spacial score (nSPS) is 11.3. The van der Waals surface area contributed by atoms with Gasteiger partial charge in [0.1, 0.15) is 0 Å². The second kappa shape index (κ2) is 7.11. The second-order valence-corrected chi connectivity index (χ2v) is 5.38. The summed E-state index contributed by atoms with van der Waals surface area (Å²) in [5.41, 5.74) is -1.02. The zero-order valence-electron chi connectivity index (χ0n) is 11.8. The quantitative estimate of drug-likeness (QED) is 0.501. The van der Waals surface area contributed by atoms with Gasteiger partial charge in [-0.05, 0) is 31.2 Å². The van der Waals surface area contributed by atoms with Crippen LogP contribution in [0.5, 0.6) is 0 Å². The highest BCUT2D eigenvalue weighted by Crippen LogP contribution is 2.35. The van der Waals surface area contributed by atoms with Crippen LogP contribution in [0.3, 0.4) is 0 Å². The van der Waals surface area contributed by atoms with Crippen molar-refractivity contribution in [2.45, 2.75) is 12.5 Å². The minimum Gasteiger partial charge on any atom is -0.463 e. The van der Waals surface area contributed by atoms with Gasteiger partial charge < -0.3 is 4.74 Å². The second-order valence-electron chi connectivity index (χ2n) is 4.51. The lowest BCUT2D eigenvalue weighted by molar-refractivity contribution is -0.311. The highest BCUT2D eigenvalue weighted by molar-refractivity contribution is 6.30. The van der Waals surface area contributed by atoms with E-state index in [4.69, 9.17) is 27.9 Å². The Morgan fingerprint density at radius 3 is 1.73 bits per heavy atom. The van der Waals surface area contributed by atoms with E-state index in [9.17, 15) is 10.1 Å². The highest BCUT2D eigenvalue weighted by Gasteiger charge is 2.46. The molecule has 22 heavy (non-hydrogen) atoms. The molecular weight excluding hydrogens is 327 g/mol. The molecule has 0 aliphatic carbocycles. The van der Waals surface area contributed by atoms with E-state index >= 15 is 0 Å². The molecule has 0 fully saturated rings. The van der Waals surface area contributed by atoms with Gasteiger partial charge in [-0.15, -0.1) is 0 Å². The molecule has 0 heterocycles. The van der Waals surface area contributed by atoms with Crippen molar-refractivity contribution in [1.82, 2.24) is 0 Å². The third kappa shape index (κ3) is 3.10. The fourth-order valence-electron chi connectivity index (χ4n) is 2.15. The molecule has 116 valence electrons. The molecule has 4 nitrogen and oxygen atoms in total. The largest absolute Gasteiger partial charge is 0.463 e. The Kier molecular flexibility index (Phi) is 5.42. The number of benzene rings is 2. The van der Waals surface area contributed by atoms with Crippen LogP contribution in [0.2, 0.25) is 10.0 Å². The van der Waals surface area contributed by atoms with Crippen LogP contribution in [0.1, 0.15) is 18.1 Å². The van der Waals surface area contributed by atoms with Gasteiger partial charge in [0.2, 0.25) is 5.60 Å². The Morgan fingerprint density at radius 1 is 1.00 bits per heavy atom. The molecule has 2 aromatic rings. The summed E-state index contributed by atoms with van der Waals surface area (Å²) in [7, 11) is 0. The average molecular weight is 341 g/mol. The molecular formula is C16H14Cl2O4. The van der Waals surface area contributed by atoms with E-state index < -0.39 is 11.6 Å². The number of ether oxygens (including phenoxy) is 1. The van der Waals surface area contributed by atoms with Crippen molar-refractivity contribution in [1.29, 1.82) is 0 Å². The van der Waals surface area contributed by atoms with Crippen LogP contribution in [0.15, 0.2) is 48.5 Å². The summed E-state index contributed by atoms with van der Waals surface area (Å²) in [6.07, 6.45) is 0. The maximum absolute atomic E-state index is 12.5. The number of rotatable bonds is 5. The number of hydrogen-bond donors (Lipinski definition) is 1. The van der Waals surface area contributed by atoms with Crippen LogP contribution in [-0.4, -0.2) is 17.8 Å². The van der Waals surface area contributed by atoms with E-state index in [-0.39, 0.29) is 6.61 Å². The van der Waals surface area contributed by atoms with Gasteiger partial charge in [-0.25, -0.2) is 14.9 Å². The molecule has 0 atom stereocenters. The molecule has 1 N–H and O–H groups in total. The number of halogens is 2. The van der Waals surface area contributed by atoms with E-state index in [1.54, 1.807) is 55.5 Å². The van der Waals surface area contributed by atoms with E-state index in [1.165, 1.54) is 0 Å². The van der Waals surface area contributed by atoms with E-state index in [2.05, 4.69) is 4.89 Å². The molecule has 6 heteroatoms. The molecule has 0 saturated heterocycles. The minimum atomic E-state index is -1.80. The Hall–Kier alpha value is -1.59. The molecule has 0 amide bonds. The van der Waals surface area contributed by atoms with Crippen molar-refractivity contribution in [3.8, 4) is 0 Å². The van der Waals surface area contributed by atoms with Crippen LogP contribution in [0, 0.1) is 0 Å². The first-order chi connectivity index (χ1) is 10.5. The lowest BCUT2D eigenvalue weighted by atomic mass is 9.86. The molecule has 0 radical (unpaired) electrons. The predicted octanol–water partition coefficient (Wildman–Crippen LogP) is 4.29. The van der Waals surface area contributed by atoms with Gasteiger partial charge in [-0.1, -0.05) is 47.5 Å². The van der Waals surface area contributed by atoms with Gasteiger partial charge in [-0.3, -0.25) is 0 Å². The summed E-state index contributed by atoms with van der Waals surface area (Å²) in [4.78, 5) is 17.1. The average Bonchev–Trinajstić information content (AvgIpc) is 2.52. The third-order valence-electron chi connectivity index (χ3n) is 3.20. The monoisotopic (exact) mass is 340 g/mol. The number of carbonyl (C=O) groups excluding carboxylic acids is 1. The topological polar surface area (TPSA) is 55.8 Å².